The summed E-state index contributed by atoms with van der Waals surface area (Å²) in [6, 6.07) is 22.4. The van der Waals surface area contributed by atoms with Crippen LogP contribution in [0.1, 0.15) is 49.3 Å². The number of rotatable bonds is 6. The molecular formula is C27H22N4O3S. The second-order valence-corrected chi connectivity index (χ2v) is 9.28. The van der Waals surface area contributed by atoms with E-state index in [-0.39, 0.29) is 30.1 Å². The predicted molar refractivity (Wildman–Crippen MR) is 133 cm³/mol. The zero-order valence-electron chi connectivity index (χ0n) is 18.7. The van der Waals surface area contributed by atoms with Crippen LogP contribution in [0.3, 0.4) is 0 Å². The predicted octanol–water partition coefficient (Wildman–Crippen LogP) is 4.44. The molecule has 1 atom stereocenters. The van der Waals surface area contributed by atoms with Crippen molar-refractivity contribution < 1.29 is 14.4 Å². The molecule has 8 heteroatoms. The largest absolute Gasteiger partial charge is 0.345 e. The first-order valence-corrected chi connectivity index (χ1v) is 12.0. The van der Waals surface area contributed by atoms with Crippen molar-refractivity contribution in [2.24, 2.45) is 5.92 Å². The van der Waals surface area contributed by atoms with Gasteiger partial charge in [0, 0.05) is 30.8 Å². The highest BCUT2D eigenvalue weighted by Crippen LogP contribution is 2.33. The molecule has 2 aromatic carbocycles. The molecule has 0 radical (unpaired) electrons. The Kier molecular flexibility index (Phi) is 6.45. The van der Waals surface area contributed by atoms with Crippen molar-refractivity contribution in [1.29, 1.82) is 0 Å². The van der Waals surface area contributed by atoms with Crippen LogP contribution >= 0.6 is 11.3 Å². The number of amides is 2. The fraction of sp³-hybridized carbons (Fsp3) is 0.148. The quantitative estimate of drug-likeness (QED) is 0.423. The van der Waals surface area contributed by atoms with Crippen molar-refractivity contribution in [3.8, 4) is 0 Å². The number of hydrogen-bond donors (Lipinski definition) is 2. The number of ketones is 1. The summed E-state index contributed by atoms with van der Waals surface area (Å²) < 4.78 is 0. The van der Waals surface area contributed by atoms with Crippen LogP contribution in [0.25, 0.3) is 0 Å². The number of pyridine rings is 1. The molecule has 0 bridgehead atoms. The average Bonchev–Trinajstić information content (AvgIpc) is 3.31. The van der Waals surface area contributed by atoms with Gasteiger partial charge in [-0.05, 0) is 23.3 Å². The first-order valence-electron chi connectivity index (χ1n) is 11.2. The van der Waals surface area contributed by atoms with Crippen LogP contribution in [0, 0.1) is 5.92 Å². The lowest BCUT2D eigenvalue weighted by Gasteiger charge is -2.25. The molecule has 0 fully saturated rings. The molecule has 5 rings (SSSR count). The minimum Gasteiger partial charge on any atom is -0.345 e. The molecule has 2 N–H and O–H groups in total. The lowest BCUT2D eigenvalue weighted by atomic mass is 9.88. The van der Waals surface area contributed by atoms with Crippen molar-refractivity contribution >= 4 is 34.1 Å². The molecule has 0 aliphatic heterocycles. The van der Waals surface area contributed by atoms with Crippen LogP contribution in [0.5, 0.6) is 0 Å². The summed E-state index contributed by atoms with van der Waals surface area (Å²) in [6.45, 7) is 0. The van der Waals surface area contributed by atoms with Crippen molar-refractivity contribution in [3.05, 3.63) is 112 Å². The van der Waals surface area contributed by atoms with Gasteiger partial charge in [0.05, 0.1) is 22.5 Å². The normalized spacial score (nSPS) is 14.9. The van der Waals surface area contributed by atoms with Gasteiger partial charge in [-0.3, -0.25) is 24.7 Å². The SMILES string of the molecule is O=C(Nc1nc2c(s1)C(=O)C[C@@H](C(=O)NC(c1ccccc1)c1ccccc1)C2)c1ccncc1. The first-order chi connectivity index (χ1) is 17.1. The van der Waals surface area contributed by atoms with Crippen molar-refractivity contribution in [2.45, 2.75) is 18.9 Å². The molecule has 0 saturated carbocycles. The number of anilines is 1. The number of thiazole rings is 1. The van der Waals surface area contributed by atoms with Gasteiger partial charge in [-0.25, -0.2) is 4.98 Å². The van der Waals surface area contributed by atoms with Crippen LogP contribution in [-0.4, -0.2) is 27.6 Å². The molecule has 0 unspecified atom stereocenters. The third-order valence-electron chi connectivity index (χ3n) is 5.91. The Morgan fingerprint density at radius 2 is 1.51 bits per heavy atom. The van der Waals surface area contributed by atoms with E-state index in [1.54, 1.807) is 12.1 Å². The second kappa shape index (κ2) is 9.99. The smallest absolute Gasteiger partial charge is 0.257 e. The topological polar surface area (TPSA) is 101 Å². The van der Waals surface area contributed by atoms with Crippen molar-refractivity contribution in [2.75, 3.05) is 5.32 Å². The summed E-state index contributed by atoms with van der Waals surface area (Å²) in [6.07, 6.45) is 3.51. The van der Waals surface area contributed by atoms with Gasteiger partial charge < -0.3 is 5.32 Å². The van der Waals surface area contributed by atoms with Crippen LogP contribution in [0.4, 0.5) is 5.13 Å². The highest BCUT2D eigenvalue weighted by Gasteiger charge is 2.34. The van der Waals surface area contributed by atoms with Crippen LogP contribution in [-0.2, 0) is 11.2 Å². The highest BCUT2D eigenvalue weighted by atomic mass is 32.1. The third kappa shape index (κ3) is 5.02. The van der Waals surface area contributed by atoms with Gasteiger partial charge in [0.1, 0.15) is 0 Å². The zero-order valence-corrected chi connectivity index (χ0v) is 19.5. The van der Waals surface area contributed by atoms with Gasteiger partial charge in [0.25, 0.3) is 5.91 Å². The number of hydrogen-bond acceptors (Lipinski definition) is 6. The van der Waals surface area contributed by atoms with E-state index in [1.807, 2.05) is 60.7 Å². The van der Waals surface area contributed by atoms with Crippen LogP contribution in [0.2, 0.25) is 0 Å². The Bertz CT molecular complexity index is 1320. The van der Waals surface area contributed by atoms with E-state index in [1.165, 1.54) is 12.4 Å². The summed E-state index contributed by atoms with van der Waals surface area (Å²) in [7, 11) is 0. The maximum atomic E-state index is 13.3. The second-order valence-electron chi connectivity index (χ2n) is 8.28. The average molecular weight is 483 g/mol. The van der Waals surface area contributed by atoms with E-state index in [4.69, 9.17) is 0 Å². The number of aromatic nitrogens is 2. The fourth-order valence-electron chi connectivity index (χ4n) is 4.15. The van der Waals surface area contributed by atoms with Crippen LogP contribution in [0.15, 0.2) is 85.2 Å². The van der Waals surface area contributed by atoms with Crippen molar-refractivity contribution in [3.63, 3.8) is 0 Å². The van der Waals surface area contributed by atoms with Gasteiger partial charge in [-0.2, -0.15) is 0 Å². The van der Waals surface area contributed by atoms with E-state index in [9.17, 15) is 14.4 Å². The molecule has 0 saturated heterocycles. The van der Waals surface area contributed by atoms with E-state index >= 15 is 0 Å². The monoisotopic (exact) mass is 482 g/mol. The Balaban J connectivity index is 1.33. The summed E-state index contributed by atoms with van der Waals surface area (Å²) in [5.74, 6) is -1.19. The number of fused-ring (bicyclic) bond motifs is 1. The third-order valence-corrected chi connectivity index (χ3v) is 6.96. The standard InChI is InChI=1S/C27H22N4O3S/c32-22-16-20(15-21-24(22)35-27(29-21)31-25(33)19-11-13-28-14-12-19)26(34)30-23(17-7-3-1-4-8-17)18-9-5-2-6-10-18/h1-14,20,23H,15-16H2,(H,30,34)(H,29,31,33)/t20-/m0/s1. The number of nitrogens with one attached hydrogen (secondary N) is 2. The van der Waals surface area contributed by atoms with Crippen molar-refractivity contribution in [1.82, 2.24) is 15.3 Å². The van der Waals surface area contributed by atoms with Gasteiger partial charge in [-0.15, -0.1) is 0 Å². The van der Waals surface area contributed by atoms with E-state index < -0.39 is 5.92 Å². The van der Waals surface area contributed by atoms with Gasteiger partial charge in [0.15, 0.2) is 10.9 Å². The van der Waals surface area contributed by atoms with E-state index in [0.717, 1.165) is 22.5 Å². The Morgan fingerprint density at radius 3 is 2.14 bits per heavy atom. The minimum absolute atomic E-state index is 0.106. The Hall–Kier alpha value is -4.17. The fourth-order valence-corrected chi connectivity index (χ4v) is 5.09. The highest BCUT2D eigenvalue weighted by molar-refractivity contribution is 7.17. The maximum Gasteiger partial charge on any atom is 0.257 e. The zero-order chi connectivity index (χ0) is 24.2. The van der Waals surface area contributed by atoms with E-state index in [2.05, 4.69) is 20.6 Å². The number of carbonyl (C=O) groups excluding carboxylic acids is 3. The number of benzene rings is 2. The molecule has 1 aliphatic carbocycles. The molecule has 0 spiro atoms. The number of carbonyl (C=O) groups is 3. The lowest BCUT2D eigenvalue weighted by molar-refractivity contribution is -0.125. The van der Waals surface area contributed by atoms with Crippen LogP contribution < -0.4 is 10.6 Å². The van der Waals surface area contributed by atoms with Gasteiger partial charge in [-0.1, -0.05) is 72.0 Å². The minimum atomic E-state index is -0.532. The summed E-state index contributed by atoms with van der Waals surface area (Å²) in [5.41, 5.74) is 2.92. The maximum absolute atomic E-state index is 13.3. The number of Topliss-reactive ketones (excluding diaryl/α,β-unsaturated/α-hetero) is 1. The molecule has 7 nitrogen and oxygen atoms in total. The Morgan fingerprint density at radius 1 is 0.886 bits per heavy atom. The molecule has 2 aromatic heterocycles. The van der Waals surface area contributed by atoms with Gasteiger partial charge >= 0.3 is 0 Å². The molecule has 2 heterocycles. The summed E-state index contributed by atoms with van der Waals surface area (Å²) >= 11 is 1.15. The summed E-state index contributed by atoms with van der Waals surface area (Å²) in [5, 5.41) is 6.23. The molecular weight excluding hydrogens is 460 g/mol. The Labute approximate surface area is 206 Å². The molecule has 35 heavy (non-hydrogen) atoms. The van der Waals surface area contributed by atoms with E-state index in [0.29, 0.717) is 27.7 Å². The first kappa shape index (κ1) is 22.6. The van der Waals surface area contributed by atoms with Gasteiger partial charge in [0.2, 0.25) is 5.91 Å². The molecule has 174 valence electrons. The summed E-state index contributed by atoms with van der Waals surface area (Å²) in [4.78, 5) is 47.5. The molecule has 1 aliphatic rings. The lowest BCUT2D eigenvalue weighted by Crippen LogP contribution is -2.38. The number of nitrogens with zero attached hydrogens (tertiary/aromatic N) is 2. The molecule has 4 aromatic rings. The molecule has 2 amide bonds.